The zero-order chi connectivity index (χ0) is 33.0. The number of fused-ring (bicyclic) bond motifs is 2. The van der Waals surface area contributed by atoms with E-state index < -0.39 is 35.2 Å². The maximum atomic E-state index is 13.4. The van der Waals surface area contributed by atoms with Crippen molar-refractivity contribution in [3.05, 3.63) is 83.7 Å². The SMILES string of the molecule is CC(C)(C(=O)Nc1ccc(C#N)c2ccccc12)n1cc(NC2CN(c3ccc4c(c3)C(=O)N(C3CCC(=O)NC3=O)C4=O)C2)cn1. The largest absolute Gasteiger partial charge is 0.376 e. The molecule has 47 heavy (non-hydrogen) atoms. The second-order valence-corrected chi connectivity index (χ2v) is 12.4. The third-order valence-corrected chi connectivity index (χ3v) is 9.04. The van der Waals surface area contributed by atoms with E-state index in [0.717, 1.165) is 27.0 Å². The first-order valence-corrected chi connectivity index (χ1v) is 15.2. The number of rotatable bonds is 7. The average Bonchev–Trinajstić information content (AvgIpc) is 3.61. The number of imide groups is 2. The summed E-state index contributed by atoms with van der Waals surface area (Å²) in [6.07, 6.45) is 3.62. The van der Waals surface area contributed by atoms with Crippen molar-refractivity contribution in [1.82, 2.24) is 20.0 Å². The number of aromatic nitrogens is 2. The van der Waals surface area contributed by atoms with Crippen molar-refractivity contribution < 1.29 is 24.0 Å². The van der Waals surface area contributed by atoms with Crippen LogP contribution < -0.4 is 20.9 Å². The number of carbonyl (C=O) groups is 5. The maximum Gasteiger partial charge on any atom is 0.262 e. The highest BCUT2D eigenvalue weighted by atomic mass is 16.2. The van der Waals surface area contributed by atoms with Gasteiger partial charge in [-0.3, -0.25) is 38.9 Å². The molecule has 3 aromatic carbocycles. The monoisotopic (exact) mass is 630 g/mol. The van der Waals surface area contributed by atoms with Crippen molar-refractivity contribution in [3.8, 4) is 6.07 Å². The minimum atomic E-state index is -1.03. The number of nitrogens with zero attached hydrogens (tertiary/aromatic N) is 5. The topological polar surface area (TPSA) is 170 Å². The molecule has 2 saturated heterocycles. The number of carbonyl (C=O) groups excluding carboxylic acids is 5. The molecule has 0 aliphatic carbocycles. The summed E-state index contributed by atoms with van der Waals surface area (Å²) < 4.78 is 1.60. The molecule has 1 atom stereocenters. The van der Waals surface area contributed by atoms with E-state index in [-0.39, 0.29) is 35.9 Å². The molecule has 1 unspecified atom stereocenters. The van der Waals surface area contributed by atoms with Gasteiger partial charge in [-0.2, -0.15) is 10.4 Å². The molecule has 236 valence electrons. The molecule has 3 aliphatic rings. The van der Waals surface area contributed by atoms with Crippen molar-refractivity contribution in [2.45, 2.75) is 44.3 Å². The van der Waals surface area contributed by atoms with Crippen LogP contribution in [-0.2, 0) is 19.9 Å². The number of hydrogen-bond acceptors (Lipinski definition) is 9. The third-order valence-electron chi connectivity index (χ3n) is 9.04. The first-order chi connectivity index (χ1) is 22.5. The van der Waals surface area contributed by atoms with Gasteiger partial charge in [0.25, 0.3) is 17.7 Å². The van der Waals surface area contributed by atoms with Gasteiger partial charge in [-0.05, 0) is 50.6 Å². The molecule has 4 heterocycles. The van der Waals surface area contributed by atoms with Crippen LogP contribution in [0.15, 0.2) is 67.0 Å². The Balaban J connectivity index is 0.983. The highest BCUT2D eigenvalue weighted by molar-refractivity contribution is 6.23. The van der Waals surface area contributed by atoms with Gasteiger partial charge in [-0.25, -0.2) is 0 Å². The van der Waals surface area contributed by atoms with Gasteiger partial charge in [-0.15, -0.1) is 0 Å². The van der Waals surface area contributed by atoms with Gasteiger partial charge in [0.2, 0.25) is 11.8 Å². The number of nitrogens with one attached hydrogen (secondary N) is 3. The molecule has 2 fully saturated rings. The van der Waals surface area contributed by atoms with Crippen LogP contribution in [0.25, 0.3) is 10.8 Å². The average molecular weight is 631 g/mol. The fourth-order valence-electron chi connectivity index (χ4n) is 6.26. The molecule has 0 bridgehead atoms. The van der Waals surface area contributed by atoms with Crippen LogP contribution >= 0.6 is 0 Å². The number of nitriles is 1. The number of amides is 5. The predicted molar refractivity (Wildman–Crippen MR) is 172 cm³/mol. The lowest BCUT2D eigenvalue weighted by Gasteiger charge is -2.41. The lowest BCUT2D eigenvalue weighted by atomic mass is 10.0. The van der Waals surface area contributed by atoms with E-state index in [9.17, 15) is 29.2 Å². The molecule has 0 radical (unpaired) electrons. The first-order valence-electron chi connectivity index (χ1n) is 15.2. The molecule has 0 saturated carbocycles. The van der Waals surface area contributed by atoms with Crippen molar-refractivity contribution >= 4 is 57.4 Å². The fourth-order valence-corrected chi connectivity index (χ4v) is 6.26. The molecular weight excluding hydrogens is 600 g/mol. The summed E-state index contributed by atoms with van der Waals surface area (Å²) >= 11 is 0. The molecule has 4 aromatic rings. The van der Waals surface area contributed by atoms with Crippen LogP contribution in [-0.4, -0.2) is 69.4 Å². The highest BCUT2D eigenvalue weighted by Crippen LogP contribution is 2.33. The van der Waals surface area contributed by atoms with Crippen LogP contribution in [0.1, 0.15) is 53.0 Å². The second kappa shape index (κ2) is 11.1. The Kier molecular flexibility index (Phi) is 7.00. The van der Waals surface area contributed by atoms with Crippen molar-refractivity contribution in [3.63, 3.8) is 0 Å². The Labute approximate surface area is 269 Å². The van der Waals surface area contributed by atoms with Crippen LogP contribution in [0.5, 0.6) is 0 Å². The Morgan fingerprint density at radius 1 is 1.00 bits per heavy atom. The minimum Gasteiger partial charge on any atom is -0.376 e. The fraction of sp³-hybridized carbons (Fsp3) is 0.265. The van der Waals surface area contributed by atoms with E-state index in [1.54, 1.807) is 61.3 Å². The van der Waals surface area contributed by atoms with Crippen LogP contribution in [0, 0.1) is 11.3 Å². The van der Waals surface area contributed by atoms with E-state index in [2.05, 4.69) is 32.0 Å². The lowest BCUT2D eigenvalue weighted by Crippen LogP contribution is -2.55. The molecule has 1 aromatic heterocycles. The summed E-state index contributed by atoms with van der Waals surface area (Å²) in [5.74, 6) is -2.39. The quantitative estimate of drug-likeness (QED) is 0.260. The zero-order valence-corrected chi connectivity index (χ0v) is 25.6. The number of hydrogen-bond donors (Lipinski definition) is 3. The molecule has 0 spiro atoms. The summed E-state index contributed by atoms with van der Waals surface area (Å²) in [5.41, 5.74) is 2.11. The van der Waals surface area contributed by atoms with E-state index in [4.69, 9.17) is 0 Å². The Bertz CT molecular complexity index is 2050. The Morgan fingerprint density at radius 3 is 2.49 bits per heavy atom. The Hall–Kier alpha value is -6.03. The van der Waals surface area contributed by atoms with Crippen molar-refractivity contribution in [1.29, 1.82) is 5.26 Å². The molecule has 3 aliphatic heterocycles. The molecular formula is C34H30N8O5. The summed E-state index contributed by atoms with van der Waals surface area (Å²) in [6.45, 7) is 4.80. The van der Waals surface area contributed by atoms with Crippen LogP contribution in [0.2, 0.25) is 0 Å². The molecule has 3 N–H and O–H groups in total. The zero-order valence-electron chi connectivity index (χ0n) is 25.6. The van der Waals surface area contributed by atoms with Gasteiger partial charge in [-0.1, -0.05) is 24.3 Å². The third kappa shape index (κ3) is 5.04. The summed E-state index contributed by atoms with van der Waals surface area (Å²) in [6, 6.07) is 17.2. The normalized spacial score (nSPS) is 18.1. The molecule has 13 heteroatoms. The minimum absolute atomic E-state index is 0.0663. The summed E-state index contributed by atoms with van der Waals surface area (Å²) in [7, 11) is 0. The second-order valence-electron chi connectivity index (χ2n) is 12.4. The summed E-state index contributed by atoms with van der Waals surface area (Å²) in [5, 5.41) is 24.1. The van der Waals surface area contributed by atoms with Gasteiger partial charge in [0.15, 0.2) is 0 Å². The van der Waals surface area contributed by atoms with Crippen molar-refractivity contribution in [2.24, 2.45) is 0 Å². The van der Waals surface area contributed by atoms with E-state index >= 15 is 0 Å². The van der Waals surface area contributed by atoms with E-state index in [1.807, 2.05) is 24.3 Å². The van der Waals surface area contributed by atoms with Crippen LogP contribution in [0.3, 0.4) is 0 Å². The van der Waals surface area contributed by atoms with E-state index in [0.29, 0.717) is 24.3 Å². The number of benzene rings is 3. The Morgan fingerprint density at radius 2 is 1.74 bits per heavy atom. The number of anilines is 3. The molecule has 13 nitrogen and oxygen atoms in total. The standard InChI is InChI=1S/C34H30N8O5/c1-34(2,33(47)38-27-10-7-19(14-35)23-5-3-4-6-24(23)27)41-18-20(15-36-41)37-21-16-40(17-21)22-8-9-25-26(13-22)32(46)42(31(25)45)28-11-12-29(43)39-30(28)44/h3-10,13,15,18,21,28,37H,11-12,16-17H2,1-2H3,(H,38,47)(H,39,43,44). The van der Waals surface area contributed by atoms with Crippen molar-refractivity contribution in [2.75, 3.05) is 28.6 Å². The van der Waals surface area contributed by atoms with Gasteiger partial charge >= 0.3 is 0 Å². The van der Waals surface area contributed by atoms with Gasteiger partial charge in [0.05, 0.1) is 40.7 Å². The van der Waals surface area contributed by atoms with Gasteiger partial charge in [0, 0.05) is 47.9 Å². The van der Waals surface area contributed by atoms with Crippen LogP contribution in [0.4, 0.5) is 17.1 Å². The molecule has 5 amide bonds. The maximum absolute atomic E-state index is 13.4. The summed E-state index contributed by atoms with van der Waals surface area (Å²) in [4.78, 5) is 66.6. The van der Waals surface area contributed by atoms with Gasteiger partial charge in [0.1, 0.15) is 11.6 Å². The first kappa shape index (κ1) is 29.7. The number of piperidine rings is 1. The van der Waals surface area contributed by atoms with Gasteiger partial charge < -0.3 is 15.5 Å². The smallest absolute Gasteiger partial charge is 0.262 e. The lowest BCUT2D eigenvalue weighted by molar-refractivity contribution is -0.136. The van der Waals surface area contributed by atoms with E-state index in [1.165, 1.54) is 0 Å². The highest BCUT2D eigenvalue weighted by Gasteiger charge is 2.45. The molecule has 7 rings (SSSR count). The predicted octanol–water partition coefficient (Wildman–Crippen LogP) is 2.98.